The minimum absolute atomic E-state index is 0.161. The van der Waals surface area contributed by atoms with E-state index in [0.29, 0.717) is 6.42 Å². The summed E-state index contributed by atoms with van der Waals surface area (Å²) in [5.41, 5.74) is 0.840. The molecule has 1 rings (SSSR count). The van der Waals surface area contributed by atoms with Crippen LogP contribution in [0.2, 0.25) is 0 Å². The molecule has 1 aromatic rings. The van der Waals surface area contributed by atoms with Gasteiger partial charge in [-0.1, -0.05) is 19.1 Å². The Labute approximate surface area is 95.7 Å². The maximum Gasteiger partial charge on any atom is 0.240 e. The highest BCUT2D eigenvalue weighted by atomic mass is 32.2. The molecule has 0 heterocycles. The van der Waals surface area contributed by atoms with Crippen LogP contribution in [0, 0.1) is 0 Å². The van der Waals surface area contributed by atoms with Crippen LogP contribution in [0.3, 0.4) is 0 Å². The van der Waals surface area contributed by atoms with Gasteiger partial charge in [0.25, 0.3) is 0 Å². The first-order chi connectivity index (χ1) is 7.55. The number of hydrogen-bond donors (Lipinski definition) is 1. The predicted octanol–water partition coefficient (Wildman–Crippen LogP) is 1.29. The molecule has 1 atom stereocenters. The van der Waals surface area contributed by atoms with Gasteiger partial charge >= 0.3 is 0 Å². The Bertz CT molecular complexity index is 451. The van der Waals surface area contributed by atoms with E-state index in [1.165, 1.54) is 19.2 Å². The number of rotatable bonds is 5. The second-order valence-electron chi connectivity index (χ2n) is 3.43. The van der Waals surface area contributed by atoms with Crippen molar-refractivity contribution in [1.29, 1.82) is 0 Å². The second-order valence-corrected chi connectivity index (χ2v) is 5.31. The standard InChI is InChI=1S/C11H15NO3S/c1-3-9(8-13)10-4-6-11(7-5-10)16(14,15)12-2/h4-9,12H,3H2,1-2H3. The predicted molar refractivity (Wildman–Crippen MR) is 61.8 cm³/mol. The molecule has 0 aliphatic heterocycles. The molecule has 1 unspecified atom stereocenters. The van der Waals surface area contributed by atoms with Gasteiger partial charge in [0.1, 0.15) is 6.29 Å². The van der Waals surface area contributed by atoms with E-state index in [-0.39, 0.29) is 10.8 Å². The van der Waals surface area contributed by atoms with E-state index in [0.717, 1.165) is 11.8 Å². The van der Waals surface area contributed by atoms with Gasteiger partial charge in [-0.2, -0.15) is 0 Å². The number of nitrogens with one attached hydrogen (secondary N) is 1. The number of hydrogen-bond acceptors (Lipinski definition) is 3. The van der Waals surface area contributed by atoms with Crippen LogP contribution < -0.4 is 4.72 Å². The average Bonchev–Trinajstić information content (AvgIpc) is 2.31. The van der Waals surface area contributed by atoms with Crippen LogP contribution in [0.4, 0.5) is 0 Å². The summed E-state index contributed by atoms with van der Waals surface area (Å²) in [5, 5.41) is 0. The van der Waals surface area contributed by atoms with E-state index in [2.05, 4.69) is 4.72 Å². The lowest BCUT2D eigenvalue weighted by molar-refractivity contribution is -0.109. The molecule has 88 valence electrons. The zero-order valence-electron chi connectivity index (χ0n) is 9.30. The van der Waals surface area contributed by atoms with E-state index in [1.54, 1.807) is 12.1 Å². The lowest BCUT2D eigenvalue weighted by Gasteiger charge is -2.08. The monoisotopic (exact) mass is 241 g/mol. The van der Waals surface area contributed by atoms with E-state index in [1.807, 2.05) is 6.92 Å². The summed E-state index contributed by atoms with van der Waals surface area (Å²) >= 11 is 0. The van der Waals surface area contributed by atoms with Crippen molar-refractivity contribution in [2.75, 3.05) is 7.05 Å². The highest BCUT2D eigenvalue weighted by Crippen LogP contribution is 2.19. The molecule has 0 saturated heterocycles. The number of benzene rings is 1. The molecule has 4 nitrogen and oxygen atoms in total. The van der Waals surface area contributed by atoms with Crippen molar-refractivity contribution in [1.82, 2.24) is 4.72 Å². The van der Waals surface area contributed by atoms with Crippen LogP contribution in [0.25, 0.3) is 0 Å². The first kappa shape index (κ1) is 12.9. The van der Waals surface area contributed by atoms with Gasteiger partial charge in [-0.25, -0.2) is 13.1 Å². The zero-order valence-corrected chi connectivity index (χ0v) is 10.1. The summed E-state index contributed by atoms with van der Waals surface area (Å²) in [6.45, 7) is 1.91. The third-order valence-corrected chi connectivity index (χ3v) is 3.92. The molecule has 5 heteroatoms. The molecular formula is C11H15NO3S. The maximum atomic E-state index is 11.4. The Morgan fingerprint density at radius 1 is 1.31 bits per heavy atom. The lowest BCUT2D eigenvalue weighted by atomic mass is 9.98. The molecule has 0 aliphatic rings. The molecular weight excluding hydrogens is 226 g/mol. The highest BCUT2D eigenvalue weighted by Gasteiger charge is 2.12. The molecule has 0 radical (unpaired) electrons. The fraction of sp³-hybridized carbons (Fsp3) is 0.364. The van der Waals surface area contributed by atoms with Crippen molar-refractivity contribution >= 4 is 16.3 Å². The molecule has 0 saturated carbocycles. The van der Waals surface area contributed by atoms with Crippen molar-refractivity contribution < 1.29 is 13.2 Å². The minimum Gasteiger partial charge on any atom is -0.303 e. The number of carbonyl (C=O) groups is 1. The Morgan fingerprint density at radius 2 is 1.88 bits per heavy atom. The number of aldehydes is 1. The quantitative estimate of drug-likeness (QED) is 0.790. The molecule has 1 N–H and O–H groups in total. The first-order valence-corrected chi connectivity index (χ1v) is 6.52. The molecule has 0 amide bonds. The lowest BCUT2D eigenvalue weighted by Crippen LogP contribution is -2.18. The van der Waals surface area contributed by atoms with Gasteiger partial charge in [-0.3, -0.25) is 0 Å². The van der Waals surface area contributed by atoms with Crippen LogP contribution >= 0.6 is 0 Å². The molecule has 0 spiro atoms. The summed E-state index contributed by atoms with van der Waals surface area (Å²) in [4.78, 5) is 11.0. The van der Waals surface area contributed by atoms with Crippen LogP contribution in [0.15, 0.2) is 29.2 Å². The van der Waals surface area contributed by atoms with Crippen molar-refractivity contribution in [3.8, 4) is 0 Å². The highest BCUT2D eigenvalue weighted by molar-refractivity contribution is 7.89. The summed E-state index contributed by atoms with van der Waals surface area (Å²) in [7, 11) is -2.03. The van der Waals surface area contributed by atoms with Crippen LogP contribution in [-0.4, -0.2) is 21.8 Å². The van der Waals surface area contributed by atoms with E-state index in [4.69, 9.17) is 0 Å². The largest absolute Gasteiger partial charge is 0.303 e. The zero-order chi connectivity index (χ0) is 12.2. The number of sulfonamides is 1. The molecule has 16 heavy (non-hydrogen) atoms. The second kappa shape index (κ2) is 5.23. The van der Waals surface area contributed by atoms with E-state index >= 15 is 0 Å². The van der Waals surface area contributed by atoms with Gasteiger partial charge in [0.2, 0.25) is 10.0 Å². The van der Waals surface area contributed by atoms with Crippen LogP contribution in [0.1, 0.15) is 24.8 Å². The van der Waals surface area contributed by atoms with Gasteiger partial charge in [0.05, 0.1) is 4.90 Å². The Hall–Kier alpha value is -1.20. The maximum absolute atomic E-state index is 11.4. The average molecular weight is 241 g/mol. The van der Waals surface area contributed by atoms with Crippen LogP contribution in [-0.2, 0) is 14.8 Å². The van der Waals surface area contributed by atoms with Crippen molar-refractivity contribution in [2.24, 2.45) is 0 Å². The fourth-order valence-corrected chi connectivity index (χ4v) is 2.15. The van der Waals surface area contributed by atoms with Crippen LogP contribution in [0.5, 0.6) is 0 Å². The smallest absolute Gasteiger partial charge is 0.240 e. The third kappa shape index (κ3) is 2.68. The number of carbonyl (C=O) groups excluding carboxylic acids is 1. The van der Waals surface area contributed by atoms with Crippen molar-refractivity contribution in [2.45, 2.75) is 24.2 Å². The summed E-state index contributed by atoms with van der Waals surface area (Å²) < 4.78 is 25.1. The SMILES string of the molecule is CCC(C=O)c1ccc(S(=O)(=O)NC)cc1. The summed E-state index contributed by atoms with van der Waals surface area (Å²) in [6.07, 6.45) is 1.59. The van der Waals surface area contributed by atoms with Gasteiger partial charge in [-0.15, -0.1) is 0 Å². The molecule has 0 bridgehead atoms. The summed E-state index contributed by atoms with van der Waals surface area (Å²) in [5.74, 6) is -0.161. The normalized spacial score (nSPS) is 13.4. The Balaban J connectivity index is 3.04. The molecule has 0 fully saturated rings. The van der Waals surface area contributed by atoms with Crippen molar-refractivity contribution in [3.05, 3.63) is 29.8 Å². The van der Waals surface area contributed by atoms with E-state index in [9.17, 15) is 13.2 Å². The Morgan fingerprint density at radius 3 is 2.25 bits per heavy atom. The topological polar surface area (TPSA) is 63.2 Å². The van der Waals surface area contributed by atoms with Gasteiger partial charge in [-0.05, 0) is 31.2 Å². The molecule has 1 aromatic carbocycles. The van der Waals surface area contributed by atoms with Gasteiger partial charge in [0.15, 0.2) is 0 Å². The minimum atomic E-state index is -3.39. The van der Waals surface area contributed by atoms with Crippen molar-refractivity contribution in [3.63, 3.8) is 0 Å². The molecule has 0 aliphatic carbocycles. The van der Waals surface area contributed by atoms with Gasteiger partial charge < -0.3 is 4.79 Å². The van der Waals surface area contributed by atoms with E-state index < -0.39 is 10.0 Å². The first-order valence-electron chi connectivity index (χ1n) is 5.04. The molecule has 0 aromatic heterocycles. The van der Waals surface area contributed by atoms with Gasteiger partial charge in [0, 0.05) is 5.92 Å². The Kier molecular flexibility index (Phi) is 4.20. The third-order valence-electron chi connectivity index (χ3n) is 2.49. The summed E-state index contributed by atoms with van der Waals surface area (Å²) in [6, 6.07) is 6.36. The fourth-order valence-electron chi connectivity index (χ4n) is 1.42.